The van der Waals surface area contributed by atoms with Gasteiger partial charge in [0.1, 0.15) is 11.8 Å². The third-order valence-corrected chi connectivity index (χ3v) is 4.87. The number of pyridine rings is 1. The van der Waals surface area contributed by atoms with Gasteiger partial charge in [0.05, 0.1) is 13.2 Å². The number of aromatic amines is 1. The van der Waals surface area contributed by atoms with E-state index in [0.29, 0.717) is 18.8 Å². The van der Waals surface area contributed by atoms with E-state index in [4.69, 9.17) is 4.74 Å². The van der Waals surface area contributed by atoms with E-state index in [2.05, 4.69) is 30.5 Å². The predicted molar refractivity (Wildman–Crippen MR) is 100 cm³/mol. The number of anilines is 1. The molecule has 8 nitrogen and oxygen atoms in total. The summed E-state index contributed by atoms with van der Waals surface area (Å²) in [6.07, 6.45) is -1.06. The highest BCUT2D eigenvalue weighted by Gasteiger charge is 2.42. The minimum absolute atomic E-state index is 0.00847. The van der Waals surface area contributed by atoms with E-state index >= 15 is 0 Å². The number of aliphatic hydroxyl groups excluding tert-OH is 1. The zero-order chi connectivity index (χ0) is 20.3. The standard InChI is InChI=1S/C19H20F2N6O2/c20-19(21,17(28)11-18-23-25-26-24-18)16-6-3-14(12-22-16)13-1-4-15(5-2-13)27-7-9-29-10-8-27/h1-6,12,17,28H,7-11H2,(H,23,24,25,26). The summed E-state index contributed by atoms with van der Waals surface area (Å²) in [5.74, 6) is -3.53. The van der Waals surface area contributed by atoms with Crippen molar-refractivity contribution in [1.29, 1.82) is 0 Å². The van der Waals surface area contributed by atoms with Gasteiger partial charge in [0.2, 0.25) is 0 Å². The van der Waals surface area contributed by atoms with Gasteiger partial charge >= 0.3 is 5.92 Å². The molecule has 0 spiro atoms. The number of halogens is 2. The number of hydrogen-bond donors (Lipinski definition) is 2. The Balaban J connectivity index is 1.46. The molecule has 2 aromatic heterocycles. The minimum atomic E-state index is -3.54. The first-order valence-electron chi connectivity index (χ1n) is 9.22. The molecule has 2 N–H and O–H groups in total. The number of ether oxygens (including phenoxy) is 1. The Labute approximate surface area is 165 Å². The van der Waals surface area contributed by atoms with E-state index in [-0.39, 0.29) is 5.82 Å². The van der Waals surface area contributed by atoms with Gasteiger partial charge in [0, 0.05) is 37.0 Å². The molecule has 4 rings (SSSR count). The fourth-order valence-electron chi connectivity index (χ4n) is 3.19. The Morgan fingerprint density at radius 1 is 1.10 bits per heavy atom. The van der Waals surface area contributed by atoms with Crippen LogP contribution < -0.4 is 4.90 Å². The van der Waals surface area contributed by atoms with Crippen molar-refractivity contribution in [2.24, 2.45) is 0 Å². The molecule has 152 valence electrons. The van der Waals surface area contributed by atoms with Crippen molar-refractivity contribution >= 4 is 5.69 Å². The molecule has 0 amide bonds. The van der Waals surface area contributed by atoms with Gasteiger partial charge in [0.25, 0.3) is 0 Å². The number of aliphatic hydroxyl groups is 1. The molecule has 1 aliphatic heterocycles. The number of H-pyrrole nitrogens is 1. The Morgan fingerprint density at radius 2 is 1.83 bits per heavy atom. The number of rotatable bonds is 6. The first-order chi connectivity index (χ1) is 14.0. The fraction of sp³-hybridized carbons (Fsp3) is 0.368. The summed E-state index contributed by atoms with van der Waals surface area (Å²) in [5, 5.41) is 22.6. The van der Waals surface area contributed by atoms with Gasteiger partial charge in [-0.1, -0.05) is 23.4 Å². The van der Waals surface area contributed by atoms with Gasteiger partial charge in [-0.3, -0.25) is 4.98 Å². The zero-order valence-corrected chi connectivity index (χ0v) is 15.5. The van der Waals surface area contributed by atoms with Crippen molar-refractivity contribution in [3.8, 4) is 11.1 Å². The predicted octanol–water partition coefficient (Wildman–Crippen LogP) is 1.79. The molecular formula is C19H20F2N6O2. The van der Waals surface area contributed by atoms with Crippen LogP contribution >= 0.6 is 0 Å². The molecule has 1 unspecified atom stereocenters. The van der Waals surface area contributed by atoms with Crippen LogP contribution in [0.5, 0.6) is 0 Å². The average Bonchev–Trinajstić information content (AvgIpc) is 3.28. The van der Waals surface area contributed by atoms with Crippen LogP contribution in [0.1, 0.15) is 11.5 Å². The largest absolute Gasteiger partial charge is 0.386 e. The Bertz CT molecular complexity index is 913. The highest BCUT2D eigenvalue weighted by molar-refractivity contribution is 5.65. The molecule has 10 heteroatoms. The number of morpholine rings is 1. The Morgan fingerprint density at radius 3 is 2.45 bits per heavy atom. The van der Waals surface area contributed by atoms with E-state index in [1.807, 2.05) is 24.3 Å². The summed E-state index contributed by atoms with van der Waals surface area (Å²) < 4.78 is 34.4. The quantitative estimate of drug-likeness (QED) is 0.648. The minimum Gasteiger partial charge on any atom is -0.386 e. The van der Waals surface area contributed by atoms with Crippen LogP contribution in [0.15, 0.2) is 42.6 Å². The fourth-order valence-corrected chi connectivity index (χ4v) is 3.19. The zero-order valence-electron chi connectivity index (χ0n) is 15.5. The summed E-state index contributed by atoms with van der Waals surface area (Å²) in [7, 11) is 0. The molecule has 29 heavy (non-hydrogen) atoms. The van der Waals surface area contributed by atoms with Crippen molar-refractivity contribution in [3.63, 3.8) is 0 Å². The maximum atomic E-state index is 14.5. The van der Waals surface area contributed by atoms with Crippen LogP contribution in [0.4, 0.5) is 14.5 Å². The highest BCUT2D eigenvalue weighted by Crippen LogP contribution is 2.33. The second kappa shape index (κ2) is 8.18. The molecule has 1 fully saturated rings. The maximum Gasteiger partial charge on any atom is 0.315 e. The lowest BCUT2D eigenvalue weighted by molar-refractivity contribution is -0.117. The molecule has 3 heterocycles. The van der Waals surface area contributed by atoms with Crippen LogP contribution in [-0.2, 0) is 17.1 Å². The monoisotopic (exact) mass is 402 g/mol. The van der Waals surface area contributed by atoms with Gasteiger partial charge in [-0.15, -0.1) is 10.2 Å². The van der Waals surface area contributed by atoms with E-state index in [0.717, 1.165) is 24.3 Å². The molecule has 1 atom stereocenters. The number of nitrogens with one attached hydrogen (secondary N) is 1. The number of hydrogen-bond acceptors (Lipinski definition) is 7. The SMILES string of the molecule is OC(Cc1nn[nH]n1)C(F)(F)c1ccc(-c2ccc(N3CCOCC3)cc2)cn1. The molecular weight excluding hydrogens is 382 g/mol. The van der Waals surface area contributed by atoms with Crippen LogP contribution in [0.25, 0.3) is 11.1 Å². The van der Waals surface area contributed by atoms with E-state index < -0.39 is 24.1 Å². The van der Waals surface area contributed by atoms with Gasteiger partial charge in [0.15, 0.2) is 5.82 Å². The first kappa shape index (κ1) is 19.3. The summed E-state index contributed by atoms with van der Waals surface area (Å²) >= 11 is 0. The smallest absolute Gasteiger partial charge is 0.315 e. The van der Waals surface area contributed by atoms with Gasteiger partial charge in [-0.05, 0) is 23.8 Å². The molecule has 3 aromatic rings. The van der Waals surface area contributed by atoms with Crippen LogP contribution in [-0.4, -0.2) is 63.1 Å². The molecule has 0 saturated carbocycles. The van der Waals surface area contributed by atoms with Gasteiger partial charge in [-0.2, -0.15) is 14.0 Å². The molecule has 1 aromatic carbocycles. The van der Waals surface area contributed by atoms with Crippen molar-refractivity contribution in [2.75, 3.05) is 31.2 Å². The Hall–Kier alpha value is -2.98. The topological polar surface area (TPSA) is 100 Å². The van der Waals surface area contributed by atoms with Crippen LogP contribution in [0.2, 0.25) is 0 Å². The van der Waals surface area contributed by atoms with E-state index in [9.17, 15) is 13.9 Å². The summed E-state index contributed by atoms with van der Waals surface area (Å²) in [6, 6.07) is 10.7. The second-order valence-electron chi connectivity index (χ2n) is 6.75. The van der Waals surface area contributed by atoms with Crippen molar-refractivity contribution < 1.29 is 18.6 Å². The normalized spacial score (nSPS) is 16.0. The summed E-state index contributed by atoms with van der Waals surface area (Å²) in [5.41, 5.74) is 2.17. The highest BCUT2D eigenvalue weighted by atomic mass is 19.3. The summed E-state index contributed by atoms with van der Waals surface area (Å²) in [6.45, 7) is 3.10. The molecule has 1 saturated heterocycles. The maximum absolute atomic E-state index is 14.5. The third kappa shape index (κ3) is 4.22. The number of tetrazole rings is 1. The van der Waals surface area contributed by atoms with Gasteiger partial charge < -0.3 is 14.7 Å². The summed E-state index contributed by atoms with van der Waals surface area (Å²) in [4.78, 5) is 6.12. The van der Waals surface area contributed by atoms with Crippen molar-refractivity contribution in [2.45, 2.75) is 18.4 Å². The van der Waals surface area contributed by atoms with Crippen LogP contribution in [0.3, 0.4) is 0 Å². The molecule has 1 aliphatic rings. The molecule has 0 aliphatic carbocycles. The number of benzene rings is 1. The molecule has 0 radical (unpaired) electrons. The molecule has 0 bridgehead atoms. The van der Waals surface area contributed by atoms with E-state index in [1.54, 1.807) is 6.07 Å². The lowest BCUT2D eigenvalue weighted by Crippen LogP contribution is -2.36. The number of alkyl halides is 2. The Kier molecular flexibility index (Phi) is 5.45. The lowest BCUT2D eigenvalue weighted by atomic mass is 10.0. The third-order valence-electron chi connectivity index (χ3n) is 4.87. The second-order valence-corrected chi connectivity index (χ2v) is 6.75. The average molecular weight is 402 g/mol. The van der Waals surface area contributed by atoms with E-state index in [1.165, 1.54) is 12.3 Å². The van der Waals surface area contributed by atoms with Crippen molar-refractivity contribution in [3.05, 3.63) is 54.1 Å². The lowest BCUT2D eigenvalue weighted by Gasteiger charge is -2.28. The van der Waals surface area contributed by atoms with Gasteiger partial charge in [-0.25, -0.2) is 0 Å². The first-order valence-corrected chi connectivity index (χ1v) is 9.22. The number of aromatic nitrogens is 5. The van der Waals surface area contributed by atoms with Crippen LogP contribution in [0, 0.1) is 0 Å². The van der Waals surface area contributed by atoms with Crippen molar-refractivity contribution in [1.82, 2.24) is 25.6 Å². The number of nitrogens with zero attached hydrogens (tertiary/aromatic N) is 5.